The third kappa shape index (κ3) is 4.05. The van der Waals surface area contributed by atoms with E-state index in [0.717, 1.165) is 5.69 Å². The first-order valence-electron chi connectivity index (χ1n) is 7.55. The zero-order valence-corrected chi connectivity index (χ0v) is 14.0. The number of phenols is 1. The van der Waals surface area contributed by atoms with Gasteiger partial charge in [0.1, 0.15) is 5.75 Å². The highest BCUT2D eigenvalue weighted by Crippen LogP contribution is 2.29. The zero-order valence-electron chi connectivity index (χ0n) is 13.2. The predicted molar refractivity (Wildman–Crippen MR) is 99.1 cm³/mol. The van der Waals surface area contributed by atoms with Crippen molar-refractivity contribution < 1.29 is 13.5 Å². The van der Waals surface area contributed by atoms with Gasteiger partial charge in [-0.1, -0.05) is 42.5 Å². The molecule has 0 unspecified atom stereocenters. The monoisotopic (exact) mass is 352 g/mol. The van der Waals surface area contributed by atoms with Crippen molar-refractivity contribution in [1.29, 1.82) is 0 Å². The average molecular weight is 352 g/mol. The molecule has 0 amide bonds. The van der Waals surface area contributed by atoms with Crippen molar-refractivity contribution in [3.8, 4) is 5.75 Å². The number of benzene rings is 3. The van der Waals surface area contributed by atoms with Crippen LogP contribution in [0.4, 0.5) is 11.4 Å². The van der Waals surface area contributed by atoms with Gasteiger partial charge in [-0.15, -0.1) is 0 Å². The Hall–Kier alpha value is -3.12. The van der Waals surface area contributed by atoms with E-state index in [-0.39, 0.29) is 16.3 Å². The van der Waals surface area contributed by atoms with Crippen LogP contribution in [-0.2, 0) is 10.0 Å². The van der Waals surface area contributed by atoms with E-state index >= 15 is 0 Å². The van der Waals surface area contributed by atoms with Crippen LogP contribution in [0.2, 0.25) is 0 Å². The Morgan fingerprint density at radius 2 is 1.48 bits per heavy atom. The molecule has 0 aromatic heterocycles. The van der Waals surface area contributed by atoms with Crippen molar-refractivity contribution in [1.82, 2.24) is 0 Å². The third-order valence-electron chi connectivity index (χ3n) is 3.47. The first-order valence-corrected chi connectivity index (χ1v) is 9.03. The average Bonchev–Trinajstić information content (AvgIpc) is 2.64. The minimum atomic E-state index is -3.77. The zero-order chi connectivity index (χ0) is 17.7. The van der Waals surface area contributed by atoms with Gasteiger partial charge in [0.2, 0.25) is 0 Å². The van der Waals surface area contributed by atoms with Gasteiger partial charge in [-0.2, -0.15) is 0 Å². The second kappa shape index (κ2) is 7.19. The van der Waals surface area contributed by atoms with E-state index in [1.807, 2.05) is 30.3 Å². The molecule has 0 saturated heterocycles. The Balaban J connectivity index is 1.88. The van der Waals surface area contributed by atoms with Crippen LogP contribution >= 0.6 is 0 Å². The van der Waals surface area contributed by atoms with E-state index in [4.69, 9.17) is 0 Å². The van der Waals surface area contributed by atoms with Crippen LogP contribution in [0.1, 0.15) is 5.56 Å². The fourth-order valence-electron chi connectivity index (χ4n) is 2.21. The Morgan fingerprint density at radius 1 is 0.840 bits per heavy atom. The van der Waals surface area contributed by atoms with Crippen molar-refractivity contribution in [3.63, 3.8) is 0 Å². The van der Waals surface area contributed by atoms with Crippen LogP contribution in [0.25, 0.3) is 0 Å². The number of sulfonamides is 1. The number of aliphatic imine (C=N–C) groups is 1. The molecule has 0 aliphatic carbocycles. The number of phenolic OH excluding ortho intramolecular Hbond substituents is 1. The van der Waals surface area contributed by atoms with Gasteiger partial charge in [-0.3, -0.25) is 9.71 Å². The second-order valence-electron chi connectivity index (χ2n) is 5.26. The van der Waals surface area contributed by atoms with E-state index in [9.17, 15) is 13.5 Å². The quantitative estimate of drug-likeness (QED) is 0.539. The molecule has 0 fully saturated rings. The fourth-order valence-corrected chi connectivity index (χ4v) is 3.30. The Bertz CT molecular complexity index is 986. The maximum absolute atomic E-state index is 12.4. The number of anilines is 1. The van der Waals surface area contributed by atoms with Crippen LogP contribution < -0.4 is 4.72 Å². The molecule has 3 aromatic carbocycles. The summed E-state index contributed by atoms with van der Waals surface area (Å²) >= 11 is 0. The molecule has 0 saturated carbocycles. The molecule has 0 bridgehead atoms. The summed E-state index contributed by atoms with van der Waals surface area (Å²) in [7, 11) is -3.77. The summed E-state index contributed by atoms with van der Waals surface area (Å²) in [6.45, 7) is 0. The van der Waals surface area contributed by atoms with E-state index < -0.39 is 10.0 Å². The highest BCUT2D eigenvalue weighted by atomic mass is 32.2. The highest BCUT2D eigenvalue weighted by molar-refractivity contribution is 7.92. The smallest absolute Gasteiger partial charge is 0.262 e. The minimum Gasteiger partial charge on any atom is -0.505 e. The van der Waals surface area contributed by atoms with Crippen LogP contribution in [0.15, 0.2) is 88.8 Å². The molecule has 3 aromatic rings. The van der Waals surface area contributed by atoms with Crippen LogP contribution in [0, 0.1) is 0 Å². The maximum atomic E-state index is 12.4. The van der Waals surface area contributed by atoms with Crippen LogP contribution in [-0.4, -0.2) is 19.7 Å². The number of aromatic hydroxyl groups is 1. The van der Waals surface area contributed by atoms with Crippen LogP contribution in [0.3, 0.4) is 0 Å². The molecule has 0 aliphatic rings. The van der Waals surface area contributed by atoms with Crippen molar-refractivity contribution in [3.05, 3.63) is 84.4 Å². The molecule has 6 heteroatoms. The predicted octanol–water partition coefficient (Wildman–Crippen LogP) is 3.94. The van der Waals surface area contributed by atoms with Crippen molar-refractivity contribution >= 4 is 27.6 Å². The van der Waals surface area contributed by atoms with Gasteiger partial charge in [0.05, 0.1) is 16.3 Å². The summed E-state index contributed by atoms with van der Waals surface area (Å²) in [6.07, 6.45) is 1.49. The van der Waals surface area contributed by atoms with Crippen molar-refractivity contribution in [2.24, 2.45) is 4.99 Å². The highest BCUT2D eigenvalue weighted by Gasteiger charge is 2.16. The van der Waals surface area contributed by atoms with E-state index in [1.165, 1.54) is 24.4 Å². The second-order valence-corrected chi connectivity index (χ2v) is 6.94. The van der Waals surface area contributed by atoms with Gasteiger partial charge in [0.15, 0.2) is 0 Å². The van der Waals surface area contributed by atoms with Gasteiger partial charge < -0.3 is 5.11 Å². The Labute approximate surface area is 146 Å². The van der Waals surface area contributed by atoms with Gasteiger partial charge in [-0.25, -0.2) is 8.42 Å². The van der Waals surface area contributed by atoms with Crippen molar-refractivity contribution in [2.45, 2.75) is 4.90 Å². The van der Waals surface area contributed by atoms with Gasteiger partial charge in [-0.05, 0) is 36.4 Å². The van der Waals surface area contributed by atoms with Crippen molar-refractivity contribution in [2.75, 3.05) is 4.72 Å². The molecule has 3 rings (SSSR count). The molecule has 25 heavy (non-hydrogen) atoms. The molecule has 5 nitrogen and oxygen atoms in total. The number of hydrogen-bond donors (Lipinski definition) is 2. The summed E-state index contributed by atoms with van der Waals surface area (Å²) in [5.41, 5.74) is 1.25. The number of nitrogens with one attached hydrogen (secondary N) is 1. The van der Waals surface area contributed by atoms with Gasteiger partial charge in [0, 0.05) is 11.8 Å². The van der Waals surface area contributed by atoms with E-state index in [1.54, 1.807) is 30.3 Å². The lowest BCUT2D eigenvalue weighted by molar-refractivity contribution is 0.477. The van der Waals surface area contributed by atoms with E-state index in [2.05, 4.69) is 9.71 Å². The third-order valence-corrected chi connectivity index (χ3v) is 4.86. The molecular weight excluding hydrogens is 336 g/mol. The van der Waals surface area contributed by atoms with Crippen LogP contribution in [0.5, 0.6) is 5.75 Å². The number of rotatable bonds is 5. The SMILES string of the molecule is O=S(=O)(Nc1cccc(C=Nc2ccccc2)c1O)c1ccccc1. The van der Waals surface area contributed by atoms with E-state index in [0.29, 0.717) is 5.56 Å². The number of hydrogen-bond acceptors (Lipinski definition) is 4. The molecule has 126 valence electrons. The molecule has 0 aliphatic heterocycles. The Kier molecular flexibility index (Phi) is 4.81. The lowest BCUT2D eigenvalue weighted by atomic mass is 10.2. The lowest BCUT2D eigenvalue weighted by Crippen LogP contribution is -2.13. The number of nitrogens with zero attached hydrogens (tertiary/aromatic N) is 1. The normalized spacial score (nSPS) is 11.5. The summed E-state index contributed by atoms with van der Waals surface area (Å²) in [5, 5.41) is 10.4. The molecule has 2 N–H and O–H groups in total. The fraction of sp³-hybridized carbons (Fsp3) is 0. The summed E-state index contributed by atoms with van der Waals surface area (Å²) in [6, 6.07) is 22.0. The molecule has 0 heterocycles. The topological polar surface area (TPSA) is 78.8 Å². The summed E-state index contributed by atoms with van der Waals surface area (Å²) in [5.74, 6) is -0.179. The maximum Gasteiger partial charge on any atom is 0.262 e. The molecule has 0 radical (unpaired) electrons. The molecule has 0 atom stereocenters. The van der Waals surface area contributed by atoms with Gasteiger partial charge >= 0.3 is 0 Å². The summed E-state index contributed by atoms with van der Waals surface area (Å²) < 4.78 is 27.2. The largest absolute Gasteiger partial charge is 0.505 e. The standard InChI is InChI=1S/C19H16N2O3S/c22-19-15(14-20-16-9-3-1-4-10-16)8-7-13-18(19)21-25(23,24)17-11-5-2-6-12-17/h1-14,21-22H. The number of para-hydroxylation sites is 2. The Morgan fingerprint density at radius 3 is 2.16 bits per heavy atom. The minimum absolute atomic E-state index is 0.0980. The molecule has 0 spiro atoms. The summed E-state index contributed by atoms with van der Waals surface area (Å²) in [4.78, 5) is 4.39. The first-order chi connectivity index (χ1) is 12.1. The lowest BCUT2D eigenvalue weighted by Gasteiger charge is -2.11. The molecular formula is C19H16N2O3S. The first kappa shape index (κ1) is 16.7. The van der Waals surface area contributed by atoms with Gasteiger partial charge in [0.25, 0.3) is 10.0 Å².